The Labute approximate surface area is 145 Å². The molecule has 0 unspecified atom stereocenters. The highest BCUT2D eigenvalue weighted by Gasteiger charge is 2.19. The molecule has 0 atom stereocenters. The van der Waals surface area contributed by atoms with Crippen molar-refractivity contribution in [2.45, 2.75) is 0 Å². The van der Waals surface area contributed by atoms with Crippen molar-refractivity contribution >= 4 is 29.0 Å². The highest BCUT2D eigenvalue weighted by Crippen LogP contribution is 2.22. The van der Waals surface area contributed by atoms with Crippen LogP contribution < -0.4 is 11.1 Å². The van der Waals surface area contributed by atoms with E-state index in [9.17, 15) is 9.59 Å². The van der Waals surface area contributed by atoms with Crippen molar-refractivity contribution in [1.82, 2.24) is 0 Å². The lowest BCUT2D eigenvalue weighted by molar-refractivity contribution is 0.0399. The van der Waals surface area contributed by atoms with Crippen LogP contribution >= 0.6 is 0 Å². The number of ether oxygens (including phenoxy) is 1. The predicted octanol–water partition coefficient (Wildman–Crippen LogP) is 4.01. The lowest BCUT2D eigenvalue weighted by atomic mass is 10.1. The topological polar surface area (TPSA) is 81.4 Å². The maximum atomic E-state index is 12.4. The van der Waals surface area contributed by atoms with Gasteiger partial charge in [-0.2, -0.15) is 0 Å². The normalized spacial score (nSPS) is 10.1. The third-order valence-corrected chi connectivity index (χ3v) is 3.57. The van der Waals surface area contributed by atoms with E-state index in [-0.39, 0.29) is 16.8 Å². The van der Waals surface area contributed by atoms with Gasteiger partial charge in [0.2, 0.25) is 0 Å². The predicted molar refractivity (Wildman–Crippen MR) is 96.8 cm³/mol. The van der Waals surface area contributed by atoms with Crippen LogP contribution in [0.3, 0.4) is 0 Å². The summed E-state index contributed by atoms with van der Waals surface area (Å²) in [4.78, 5) is 24.6. The molecule has 0 aliphatic carbocycles. The summed E-state index contributed by atoms with van der Waals surface area (Å²) >= 11 is 0. The maximum absolute atomic E-state index is 12.4. The van der Waals surface area contributed by atoms with Crippen molar-refractivity contribution < 1.29 is 14.3 Å². The Morgan fingerprint density at radius 2 is 1.28 bits per heavy atom. The van der Waals surface area contributed by atoms with E-state index in [2.05, 4.69) is 5.32 Å². The summed E-state index contributed by atoms with van der Waals surface area (Å²) in [7, 11) is 0. The van der Waals surface area contributed by atoms with Crippen molar-refractivity contribution in [2.24, 2.45) is 0 Å². The molecular formula is C20H16N2O3. The van der Waals surface area contributed by atoms with Gasteiger partial charge in [-0.25, -0.2) is 9.59 Å². The molecular weight excluding hydrogens is 316 g/mol. The van der Waals surface area contributed by atoms with E-state index < -0.39 is 11.9 Å². The first-order chi connectivity index (χ1) is 12.1. The number of rotatable bonds is 4. The highest BCUT2D eigenvalue weighted by molar-refractivity contribution is 6.07. The van der Waals surface area contributed by atoms with Crippen LogP contribution in [0.4, 0.5) is 17.1 Å². The lowest BCUT2D eigenvalue weighted by Gasteiger charge is -2.11. The summed E-state index contributed by atoms with van der Waals surface area (Å²) in [6.45, 7) is 0. The lowest BCUT2D eigenvalue weighted by Crippen LogP contribution is -2.15. The molecule has 0 aliphatic rings. The van der Waals surface area contributed by atoms with Gasteiger partial charge in [-0.05, 0) is 36.4 Å². The van der Waals surface area contributed by atoms with Gasteiger partial charge in [0, 0.05) is 11.4 Å². The molecule has 0 aromatic heterocycles. The third-order valence-electron chi connectivity index (χ3n) is 3.57. The van der Waals surface area contributed by atoms with Gasteiger partial charge in [-0.15, -0.1) is 0 Å². The summed E-state index contributed by atoms with van der Waals surface area (Å²) in [6, 6.07) is 22.7. The van der Waals surface area contributed by atoms with Gasteiger partial charge in [-0.1, -0.05) is 42.5 Å². The van der Waals surface area contributed by atoms with Crippen molar-refractivity contribution in [3.63, 3.8) is 0 Å². The van der Waals surface area contributed by atoms with Crippen LogP contribution in [0.2, 0.25) is 0 Å². The molecule has 5 nitrogen and oxygen atoms in total. The van der Waals surface area contributed by atoms with E-state index in [1.54, 1.807) is 42.5 Å². The molecule has 0 saturated carbocycles. The third kappa shape index (κ3) is 3.84. The van der Waals surface area contributed by atoms with E-state index in [1.165, 1.54) is 6.07 Å². The number of anilines is 3. The Morgan fingerprint density at radius 3 is 2.00 bits per heavy atom. The van der Waals surface area contributed by atoms with Crippen molar-refractivity contribution in [1.29, 1.82) is 0 Å². The number of nitrogens with one attached hydrogen (secondary N) is 1. The number of carbonyl (C=O) groups excluding carboxylic acids is 2. The average Bonchev–Trinajstić information content (AvgIpc) is 2.63. The van der Waals surface area contributed by atoms with Gasteiger partial charge in [0.05, 0.1) is 16.8 Å². The van der Waals surface area contributed by atoms with Gasteiger partial charge in [0.15, 0.2) is 0 Å². The molecule has 124 valence electrons. The van der Waals surface area contributed by atoms with Gasteiger partial charge in [-0.3, -0.25) is 0 Å². The van der Waals surface area contributed by atoms with Crippen molar-refractivity contribution in [2.75, 3.05) is 11.1 Å². The molecule has 0 heterocycles. The first-order valence-electron chi connectivity index (χ1n) is 7.67. The minimum atomic E-state index is -0.780. The minimum Gasteiger partial charge on any atom is -0.398 e. The van der Waals surface area contributed by atoms with Crippen LogP contribution in [0, 0.1) is 0 Å². The first kappa shape index (κ1) is 16.3. The number of hydrogen-bond acceptors (Lipinski definition) is 5. The van der Waals surface area contributed by atoms with Crippen LogP contribution in [-0.2, 0) is 4.74 Å². The number of nitrogens with two attached hydrogens (primary N) is 1. The largest absolute Gasteiger partial charge is 0.398 e. The zero-order valence-electron chi connectivity index (χ0n) is 13.3. The van der Waals surface area contributed by atoms with E-state index in [0.717, 1.165) is 5.69 Å². The molecule has 3 N–H and O–H groups in total. The van der Waals surface area contributed by atoms with Crippen molar-refractivity contribution in [3.05, 3.63) is 90.0 Å². The monoisotopic (exact) mass is 332 g/mol. The van der Waals surface area contributed by atoms with Crippen LogP contribution in [0.25, 0.3) is 0 Å². The van der Waals surface area contributed by atoms with E-state index in [1.807, 2.05) is 30.3 Å². The quantitative estimate of drug-likeness (QED) is 0.428. The van der Waals surface area contributed by atoms with E-state index >= 15 is 0 Å². The molecule has 0 spiro atoms. The van der Waals surface area contributed by atoms with Crippen LogP contribution in [0.5, 0.6) is 0 Å². The highest BCUT2D eigenvalue weighted by atomic mass is 16.6. The molecule has 0 saturated heterocycles. The Morgan fingerprint density at radius 1 is 0.720 bits per heavy atom. The number of hydrogen-bond donors (Lipinski definition) is 2. The molecule has 3 rings (SSSR count). The van der Waals surface area contributed by atoms with Crippen molar-refractivity contribution in [3.8, 4) is 0 Å². The second-order valence-corrected chi connectivity index (χ2v) is 5.30. The number of nitrogen functional groups attached to an aromatic ring is 1. The fourth-order valence-corrected chi connectivity index (χ4v) is 2.32. The molecule has 0 radical (unpaired) electrons. The summed E-state index contributed by atoms with van der Waals surface area (Å²) < 4.78 is 4.98. The zero-order chi connectivity index (χ0) is 17.6. The fourth-order valence-electron chi connectivity index (χ4n) is 2.32. The number of esters is 2. The summed E-state index contributed by atoms with van der Waals surface area (Å²) in [5, 5.41) is 3.14. The fraction of sp³-hybridized carbons (Fsp3) is 0. The standard InChI is InChI=1S/C20H16N2O3/c21-17-12-6-4-10-15(17)19(23)25-20(24)16-11-5-7-13-18(16)22-14-8-2-1-3-9-14/h1-13,22H,21H2. The van der Waals surface area contributed by atoms with Gasteiger partial charge in [0.25, 0.3) is 0 Å². The molecule has 0 bridgehead atoms. The molecule has 25 heavy (non-hydrogen) atoms. The summed E-state index contributed by atoms with van der Waals surface area (Å²) in [5.41, 5.74) is 7.79. The second-order valence-electron chi connectivity index (χ2n) is 5.30. The molecule has 5 heteroatoms. The molecule has 3 aromatic carbocycles. The first-order valence-corrected chi connectivity index (χ1v) is 7.67. The SMILES string of the molecule is Nc1ccccc1C(=O)OC(=O)c1ccccc1Nc1ccccc1. The Balaban J connectivity index is 1.81. The van der Waals surface area contributed by atoms with Crippen LogP contribution in [0.15, 0.2) is 78.9 Å². The average molecular weight is 332 g/mol. The minimum absolute atomic E-state index is 0.157. The Hall–Kier alpha value is -3.60. The smallest absolute Gasteiger partial charge is 0.348 e. The maximum Gasteiger partial charge on any atom is 0.348 e. The molecule has 3 aromatic rings. The van der Waals surface area contributed by atoms with Crippen LogP contribution in [0.1, 0.15) is 20.7 Å². The van der Waals surface area contributed by atoms with E-state index in [4.69, 9.17) is 10.5 Å². The summed E-state index contributed by atoms with van der Waals surface area (Å²) in [5.74, 6) is -1.52. The van der Waals surface area contributed by atoms with Gasteiger partial charge in [0.1, 0.15) is 0 Å². The Bertz CT molecular complexity index is 908. The number of carbonyl (C=O) groups is 2. The molecule has 0 aliphatic heterocycles. The Kier molecular flexibility index (Phi) is 4.76. The zero-order valence-corrected chi connectivity index (χ0v) is 13.3. The number of para-hydroxylation sites is 3. The summed E-state index contributed by atoms with van der Waals surface area (Å²) in [6.07, 6.45) is 0. The van der Waals surface area contributed by atoms with E-state index in [0.29, 0.717) is 5.69 Å². The second kappa shape index (κ2) is 7.31. The molecule has 0 amide bonds. The number of benzene rings is 3. The van der Waals surface area contributed by atoms with Crippen LogP contribution in [-0.4, -0.2) is 11.9 Å². The van der Waals surface area contributed by atoms with Gasteiger partial charge < -0.3 is 15.8 Å². The van der Waals surface area contributed by atoms with Gasteiger partial charge >= 0.3 is 11.9 Å². The molecule has 0 fully saturated rings.